The molecule has 6 nitrogen and oxygen atoms in total. The number of hydrazine groups is 1. The smallest absolute Gasteiger partial charge is 0.267 e. The van der Waals surface area contributed by atoms with E-state index in [1.807, 2.05) is 6.07 Å². The number of hydrogen-bond donors (Lipinski definition) is 2. The molecule has 1 aromatic heterocycles. The Morgan fingerprint density at radius 3 is 2.41 bits per heavy atom. The van der Waals surface area contributed by atoms with E-state index in [0.29, 0.717) is 10.8 Å². The number of carbonyl (C=O) groups excluding carboxylic acids is 2. The lowest BCUT2D eigenvalue weighted by Gasteiger charge is -2.33. The molecular formula is C21H26N2O4S2. The summed E-state index contributed by atoms with van der Waals surface area (Å²) in [5.41, 5.74) is 6.16. The fraction of sp³-hybridized carbons (Fsp3) is 0.429. The lowest BCUT2D eigenvalue weighted by Crippen LogP contribution is -2.41. The summed E-state index contributed by atoms with van der Waals surface area (Å²) in [5, 5.41) is 0. The molecule has 0 bridgehead atoms. The van der Waals surface area contributed by atoms with E-state index in [-0.39, 0.29) is 15.9 Å². The normalized spacial score (nSPS) is 16.8. The van der Waals surface area contributed by atoms with Gasteiger partial charge in [-0.25, -0.2) is 8.42 Å². The second kappa shape index (κ2) is 7.91. The first-order chi connectivity index (χ1) is 13.5. The molecular weight excluding hydrogens is 408 g/mol. The average Bonchev–Trinajstić information content (AvgIpc) is 3.08. The number of aryl methyl sites for hydroxylation is 1. The van der Waals surface area contributed by atoms with Crippen molar-refractivity contribution in [2.24, 2.45) is 11.3 Å². The predicted octanol–water partition coefficient (Wildman–Crippen LogP) is 3.38. The van der Waals surface area contributed by atoms with Gasteiger partial charge in [-0.15, -0.1) is 11.3 Å². The number of rotatable bonds is 3. The maximum absolute atomic E-state index is 12.5. The fourth-order valence-electron chi connectivity index (χ4n) is 3.59. The van der Waals surface area contributed by atoms with Crippen molar-refractivity contribution in [1.29, 1.82) is 0 Å². The van der Waals surface area contributed by atoms with Crippen molar-refractivity contribution in [2.75, 3.05) is 6.26 Å². The van der Waals surface area contributed by atoms with Crippen molar-refractivity contribution in [3.63, 3.8) is 0 Å². The third-order valence-electron chi connectivity index (χ3n) is 5.35. The van der Waals surface area contributed by atoms with Crippen LogP contribution in [0.3, 0.4) is 0 Å². The Labute approximate surface area is 175 Å². The number of fused-ring (bicyclic) bond motifs is 1. The van der Waals surface area contributed by atoms with Crippen LogP contribution in [0.2, 0.25) is 0 Å². The first-order valence-corrected chi connectivity index (χ1v) is 12.2. The summed E-state index contributed by atoms with van der Waals surface area (Å²) in [6, 6.07) is 7.81. The van der Waals surface area contributed by atoms with Crippen LogP contribution < -0.4 is 10.9 Å². The number of sulfone groups is 1. The summed E-state index contributed by atoms with van der Waals surface area (Å²) in [5.74, 6) is -0.497. The molecule has 2 N–H and O–H groups in total. The minimum Gasteiger partial charge on any atom is -0.267 e. The van der Waals surface area contributed by atoms with Crippen molar-refractivity contribution in [1.82, 2.24) is 10.9 Å². The summed E-state index contributed by atoms with van der Waals surface area (Å²) in [4.78, 5) is 26.6. The van der Waals surface area contributed by atoms with Crippen LogP contribution in [0.5, 0.6) is 0 Å². The Bertz CT molecular complexity index is 1050. The molecule has 3 rings (SSSR count). The molecule has 0 saturated carbocycles. The molecule has 2 aromatic rings. The largest absolute Gasteiger partial charge is 0.279 e. The highest BCUT2D eigenvalue weighted by molar-refractivity contribution is 7.90. The molecule has 0 unspecified atom stereocenters. The Morgan fingerprint density at radius 2 is 1.76 bits per heavy atom. The van der Waals surface area contributed by atoms with Gasteiger partial charge in [0.25, 0.3) is 11.8 Å². The zero-order valence-electron chi connectivity index (χ0n) is 17.0. The summed E-state index contributed by atoms with van der Waals surface area (Å²) in [6.07, 6.45) is 4.07. The van der Waals surface area contributed by atoms with E-state index in [2.05, 4.69) is 31.6 Å². The third-order valence-corrected chi connectivity index (χ3v) is 7.74. The van der Waals surface area contributed by atoms with Gasteiger partial charge < -0.3 is 0 Å². The molecule has 1 aliphatic carbocycles. The Kier molecular flexibility index (Phi) is 5.87. The zero-order valence-corrected chi connectivity index (χ0v) is 18.7. The molecule has 1 atom stereocenters. The van der Waals surface area contributed by atoms with E-state index in [1.54, 1.807) is 12.1 Å². The number of benzene rings is 1. The average molecular weight is 435 g/mol. The van der Waals surface area contributed by atoms with Crippen molar-refractivity contribution in [3.8, 4) is 0 Å². The second-order valence-corrected chi connectivity index (χ2v) is 11.7. The number of nitrogens with one attached hydrogen (secondary N) is 2. The fourth-order valence-corrected chi connectivity index (χ4v) is 5.58. The molecule has 1 heterocycles. The highest BCUT2D eigenvalue weighted by Crippen LogP contribution is 2.40. The van der Waals surface area contributed by atoms with Crippen LogP contribution in [0, 0.1) is 11.3 Å². The van der Waals surface area contributed by atoms with Gasteiger partial charge in [0.15, 0.2) is 9.84 Å². The summed E-state index contributed by atoms with van der Waals surface area (Å²) in [6.45, 7) is 6.73. The topological polar surface area (TPSA) is 92.3 Å². The maximum Gasteiger partial charge on any atom is 0.279 e. The quantitative estimate of drug-likeness (QED) is 0.725. The Morgan fingerprint density at radius 1 is 1.10 bits per heavy atom. The highest BCUT2D eigenvalue weighted by Gasteiger charge is 2.30. The number of carbonyl (C=O) groups is 2. The van der Waals surface area contributed by atoms with Gasteiger partial charge in [-0.3, -0.25) is 20.4 Å². The summed E-state index contributed by atoms with van der Waals surface area (Å²) >= 11 is 1.45. The SMILES string of the molecule is CC(C)(C)[C@@H]1CCc2sc(C(=O)NNC(=O)c3ccccc3S(C)(=O)=O)cc2C1. The van der Waals surface area contributed by atoms with Crippen molar-refractivity contribution >= 4 is 33.0 Å². The maximum atomic E-state index is 12.5. The number of thiophene rings is 1. The lowest BCUT2D eigenvalue weighted by atomic mass is 9.72. The number of hydrogen-bond acceptors (Lipinski definition) is 5. The van der Waals surface area contributed by atoms with E-state index in [9.17, 15) is 18.0 Å². The molecule has 156 valence electrons. The van der Waals surface area contributed by atoms with E-state index in [4.69, 9.17) is 0 Å². The zero-order chi connectivity index (χ0) is 21.4. The molecule has 2 amide bonds. The van der Waals surface area contributed by atoms with Crippen molar-refractivity contribution in [2.45, 2.75) is 44.9 Å². The van der Waals surface area contributed by atoms with Gasteiger partial charge >= 0.3 is 0 Å². The molecule has 0 aliphatic heterocycles. The first-order valence-electron chi connectivity index (χ1n) is 9.48. The summed E-state index contributed by atoms with van der Waals surface area (Å²) < 4.78 is 23.7. The van der Waals surface area contributed by atoms with Gasteiger partial charge in [-0.1, -0.05) is 32.9 Å². The Hall–Kier alpha value is -2.19. The minimum atomic E-state index is -3.56. The van der Waals surface area contributed by atoms with Crippen molar-refractivity contribution < 1.29 is 18.0 Å². The van der Waals surface area contributed by atoms with Gasteiger partial charge in [0.1, 0.15) is 0 Å². The van der Waals surface area contributed by atoms with Crippen LogP contribution in [0.1, 0.15) is 57.7 Å². The first kappa shape index (κ1) is 21.5. The number of amides is 2. The van der Waals surface area contributed by atoms with Crippen LogP contribution in [0.25, 0.3) is 0 Å². The van der Waals surface area contributed by atoms with Gasteiger partial charge in [0.2, 0.25) is 0 Å². The molecule has 29 heavy (non-hydrogen) atoms. The van der Waals surface area contributed by atoms with Crippen LogP contribution in [0.15, 0.2) is 35.2 Å². The van der Waals surface area contributed by atoms with E-state index in [1.165, 1.54) is 33.9 Å². The molecule has 0 fully saturated rings. The minimum absolute atomic E-state index is 0.00575. The monoisotopic (exact) mass is 434 g/mol. The van der Waals surface area contributed by atoms with E-state index >= 15 is 0 Å². The van der Waals surface area contributed by atoms with E-state index < -0.39 is 21.7 Å². The molecule has 1 aromatic carbocycles. The van der Waals surface area contributed by atoms with E-state index in [0.717, 1.165) is 25.5 Å². The van der Waals surface area contributed by atoms with Crippen LogP contribution in [0.4, 0.5) is 0 Å². The lowest BCUT2D eigenvalue weighted by molar-refractivity contribution is 0.0847. The van der Waals surface area contributed by atoms with Crippen LogP contribution in [-0.2, 0) is 22.7 Å². The third kappa shape index (κ3) is 4.87. The Balaban J connectivity index is 1.69. The summed E-state index contributed by atoms with van der Waals surface area (Å²) in [7, 11) is -3.56. The van der Waals surface area contributed by atoms with Crippen LogP contribution in [-0.4, -0.2) is 26.5 Å². The van der Waals surface area contributed by atoms with Gasteiger partial charge in [0, 0.05) is 11.1 Å². The van der Waals surface area contributed by atoms with Crippen LogP contribution >= 0.6 is 11.3 Å². The standard InChI is InChI=1S/C21H26N2O4S2/c1-21(2,3)14-9-10-16-13(11-14)12-17(28-16)20(25)23-22-19(24)15-7-5-6-8-18(15)29(4,26)27/h5-8,12,14H,9-11H2,1-4H3,(H,22,24)(H,23,25)/t14-/m1/s1. The second-order valence-electron chi connectivity index (χ2n) is 8.54. The van der Waals surface area contributed by atoms with Gasteiger partial charge in [0.05, 0.1) is 15.3 Å². The highest BCUT2D eigenvalue weighted by atomic mass is 32.2. The van der Waals surface area contributed by atoms with Gasteiger partial charge in [-0.2, -0.15) is 0 Å². The molecule has 0 saturated heterocycles. The van der Waals surface area contributed by atoms with Crippen molar-refractivity contribution in [3.05, 3.63) is 51.2 Å². The molecule has 8 heteroatoms. The molecule has 0 spiro atoms. The predicted molar refractivity (Wildman–Crippen MR) is 114 cm³/mol. The van der Waals surface area contributed by atoms with Gasteiger partial charge in [-0.05, 0) is 54.4 Å². The molecule has 0 radical (unpaired) electrons. The molecule has 1 aliphatic rings.